The molecule has 0 N–H and O–H groups in total. The molecule has 1 saturated carbocycles. The van der Waals surface area contributed by atoms with Crippen molar-refractivity contribution >= 4 is 17.6 Å². The molecule has 1 amide bonds. The van der Waals surface area contributed by atoms with E-state index in [1.165, 1.54) is 20.0 Å². The van der Waals surface area contributed by atoms with Crippen molar-refractivity contribution in [1.29, 1.82) is 0 Å². The Kier molecular flexibility index (Phi) is 4.83. The summed E-state index contributed by atoms with van der Waals surface area (Å²) >= 11 is 0. The number of rotatable bonds is 5. The highest BCUT2D eigenvalue weighted by Gasteiger charge is 2.36. The summed E-state index contributed by atoms with van der Waals surface area (Å²) in [5.74, 6) is -0.111. The molecule has 27 heavy (non-hydrogen) atoms. The molecule has 1 fully saturated rings. The van der Waals surface area contributed by atoms with Crippen molar-refractivity contribution in [2.24, 2.45) is 0 Å². The Bertz CT molecular complexity index is 841. The second-order valence-corrected chi connectivity index (χ2v) is 7.01. The van der Waals surface area contributed by atoms with Gasteiger partial charge in [-0.15, -0.1) is 0 Å². The number of carbonyl (C=O) groups is 2. The van der Waals surface area contributed by atoms with Gasteiger partial charge in [-0.3, -0.25) is 14.5 Å². The van der Waals surface area contributed by atoms with E-state index in [4.69, 9.17) is 9.47 Å². The number of anilines is 1. The Hall–Kier alpha value is -2.83. The average Bonchev–Trinajstić information content (AvgIpc) is 3.36. The predicted molar refractivity (Wildman–Crippen MR) is 98.4 cm³/mol. The van der Waals surface area contributed by atoms with Crippen molar-refractivity contribution in [3.63, 3.8) is 0 Å². The fourth-order valence-corrected chi connectivity index (χ4v) is 3.93. The van der Waals surface area contributed by atoms with Crippen molar-refractivity contribution in [2.45, 2.75) is 50.8 Å². The van der Waals surface area contributed by atoms with Crippen molar-refractivity contribution in [2.75, 3.05) is 12.0 Å². The smallest absolute Gasteiger partial charge is 0.309 e. The van der Waals surface area contributed by atoms with Gasteiger partial charge in [-0.2, -0.15) is 0 Å². The molecule has 7 heteroatoms. The summed E-state index contributed by atoms with van der Waals surface area (Å²) in [5, 5.41) is 0. The fourth-order valence-electron chi connectivity index (χ4n) is 3.93. The third-order valence-corrected chi connectivity index (χ3v) is 5.33. The fraction of sp³-hybridized carbons (Fsp3) is 0.450. The van der Waals surface area contributed by atoms with Crippen LogP contribution in [0.1, 0.15) is 43.8 Å². The third-order valence-electron chi connectivity index (χ3n) is 5.33. The van der Waals surface area contributed by atoms with Crippen LogP contribution in [0.2, 0.25) is 0 Å². The molecule has 0 bridgehead atoms. The molecule has 4 rings (SSSR count). The van der Waals surface area contributed by atoms with Crippen LogP contribution in [0.3, 0.4) is 0 Å². The van der Waals surface area contributed by atoms with Gasteiger partial charge in [-0.25, -0.2) is 4.98 Å². The summed E-state index contributed by atoms with van der Waals surface area (Å²) in [6.07, 6.45) is 7.42. The molecule has 2 aliphatic rings. The van der Waals surface area contributed by atoms with Gasteiger partial charge in [0.05, 0.1) is 37.8 Å². The van der Waals surface area contributed by atoms with E-state index in [2.05, 4.69) is 9.55 Å². The van der Waals surface area contributed by atoms with Crippen LogP contribution in [0.15, 0.2) is 36.8 Å². The van der Waals surface area contributed by atoms with Gasteiger partial charge in [0, 0.05) is 12.2 Å². The van der Waals surface area contributed by atoms with Gasteiger partial charge >= 0.3 is 5.97 Å². The number of carbonyl (C=O) groups excluding carboxylic acids is 2. The highest BCUT2D eigenvalue weighted by molar-refractivity contribution is 6.01. The van der Waals surface area contributed by atoms with Gasteiger partial charge in [0.25, 0.3) is 5.91 Å². The van der Waals surface area contributed by atoms with Crippen molar-refractivity contribution in [3.8, 4) is 5.75 Å². The molecule has 1 aromatic carbocycles. The summed E-state index contributed by atoms with van der Waals surface area (Å²) in [6, 6.07) is 7.84. The first kappa shape index (κ1) is 17.6. The van der Waals surface area contributed by atoms with Crippen LogP contribution in [0.25, 0.3) is 0 Å². The highest BCUT2D eigenvalue weighted by atomic mass is 16.5. The molecule has 1 aliphatic carbocycles. The maximum atomic E-state index is 13.1. The quantitative estimate of drug-likeness (QED) is 0.758. The first-order valence-corrected chi connectivity index (χ1v) is 9.32. The number of hydrogen-bond acceptors (Lipinski definition) is 5. The molecule has 2 aromatic rings. The van der Waals surface area contributed by atoms with E-state index >= 15 is 0 Å². The normalized spacial score (nSPS) is 19.7. The van der Waals surface area contributed by atoms with Gasteiger partial charge in [-0.05, 0) is 25.0 Å². The van der Waals surface area contributed by atoms with Crippen LogP contribution in [0.5, 0.6) is 5.75 Å². The largest absolute Gasteiger partial charge is 0.478 e. The Morgan fingerprint density at radius 2 is 2.07 bits per heavy atom. The first-order chi connectivity index (χ1) is 13.2. The lowest BCUT2D eigenvalue weighted by Crippen LogP contribution is -2.46. The topological polar surface area (TPSA) is 73.7 Å². The van der Waals surface area contributed by atoms with E-state index in [1.54, 1.807) is 4.90 Å². The number of benzene rings is 1. The van der Waals surface area contributed by atoms with Gasteiger partial charge in [0.1, 0.15) is 5.75 Å². The Morgan fingerprint density at radius 3 is 2.85 bits per heavy atom. The van der Waals surface area contributed by atoms with Crippen LogP contribution in [-0.4, -0.2) is 34.6 Å². The lowest BCUT2D eigenvalue weighted by atomic mass is 10.1. The number of fused-ring (bicyclic) bond motifs is 1. The SMILES string of the molecule is COC(=O)C[C@H]1Oc2ccccc2N(Cc2cncn2C2CCCC2)C1=O. The highest BCUT2D eigenvalue weighted by Crippen LogP contribution is 2.36. The third kappa shape index (κ3) is 3.41. The Morgan fingerprint density at radius 1 is 1.30 bits per heavy atom. The van der Waals surface area contributed by atoms with Gasteiger partial charge < -0.3 is 14.0 Å². The second kappa shape index (κ2) is 7.42. The zero-order valence-corrected chi connectivity index (χ0v) is 15.3. The molecular weight excluding hydrogens is 346 g/mol. The summed E-state index contributed by atoms with van der Waals surface area (Å²) in [4.78, 5) is 30.8. The summed E-state index contributed by atoms with van der Waals surface area (Å²) in [5.41, 5.74) is 1.70. The molecule has 1 aromatic heterocycles. The van der Waals surface area contributed by atoms with Crippen molar-refractivity contribution in [1.82, 2.24) is 9.55 Å². The Labute approximate surface area is 157 Å². The Balaban J connectivity index is 1.63. The van der Waals surface area contributed by atoms with Gasteiger partial charge in [0.2, 0.25) is 0 Å². The number of amides is 1. The van der Waals surface area contributed by atoms with Crippen LogP contribution in [-0.2, 0) is 20.9 Å². The van der Waals surface area contributed by atoms with Gasteiger partial charge in [0.15, 0.2) is 6.10 Å². The summed E-state index contributed by atoms with van der Waals surface area (Å²) < 4.78 is 12.7. The zero-order valence-electron chi connectivity index (χ0n) is 15.3. The molecule has 0 saturated heterocycles. The molecule has 2 heterocycles. The summed E-state index contributed by atoms with van der Waals surface area (Å²) in [6.45, 7) is 0.396. The number of hydrogen-bond donors (Lipinski definition) is 0. The number of esters is 1. The van der Waals surface area contributed by atoms with Crippen molar-refractivity contribution in [3.05, 3.63) is 42.5 Å². The van der Waals surface area contributed by atoms with E-state index < -0.39 is 12.1 Å². The number of aromatic nitrogens is 2. The van der Waals surface area contributed by atoms with E-state index in [9.17, 15) is 9.59 Å². The van der Waals surface area contributed by atoms with E-state index in [0.29, 0.717) is 24.0 Å². The molecule has 1 aliphatic heterocycles. The molecule has 0 radical (unpaired) electrons. The minimum atomic E-state index is -0.879. The molecule has 142 valence electrons. The lowest BCUT2D eigenvalue weighted by Gasteiger charge is -2.34. The zero-order chi connectivity index (χ0) is 18.8. The number of para-hydroxylation sites is 2. The lowest BCUT2D eigenvalue weighted by molar-refractivity contribution is -0.145. The maximum absolute atomic E-state index is 13.1. The minimum absolute atomic E-state index is 0.109. The summed E-state index contributed by atoms with van der Waals surface area (Å²) in [7, 11) is 1.31. The second-order valence-electron chi connectivity index (χ2n) is 7.01. The first-order valence-electron chi connectivity index (χ1n) is 9.32. The number of methoxy groups -OCH3 is 1. The molecule has 0 unspecified atom stereocenters. The van der Waals surface area contributed by atoms with Gasteiger partial charge in [-0.1, -0.05) is 25.0 Å². The molecular formula is C20H23N3O4. The predicted octanol–water partition coefficient (Wildman–Crippen LogP) is 2.86. The standard InChI is InChI=1S/C20H23N3O4/c1-26-19(24)10-18-20(25)22(16-8-4-5-9-17(16)27-18)12-15-11-21-13-23(15)14-6-2-3-7-14/h4-5,8-9,11,13-14,18H,2-3,6-7,10,12H2,1H3/t18-/m1/s1. The van der Waals surface area contributed by atoms with E-state index in [1.807, 2.05) is 36.8 Å². The minimum Gasteiger partial charge on any atom is -0.478 e. The monoisotopic (exact) mass is 369 g/mol. The molecule has 7 nitrogen and oxygen atoms in total. The van der Waals surface area contributed by atoms with Crippen LogP contribution < -0.4 is 9.64 Å². The molecule has 0 spiro atoms. The van der Waals surface area contributed by atoms with E-state index in [-0.39, 0.29) is 12.3 Å². The number of imidazole rings is 1. The van der Waals surface area contributed by atoms with E-state index in [0.717, 1.165) is 18.5 Å². The average molecular weight is 369 g/mol. The van der Waals surface area contributed by atoms with Crippen LogP contribution in [0, 0.1) is 0 Å². The number of nitrogens with zero attached hydrogens (tertiary/aromatic N) is 3. The number of ether oxygens (including phenoxy) is 2. The van der Waals surface area contributed by atoms with Crippen LogP contribution >= 0.6 is 0 Å². The van der Waals surface area contributed by atoms with Crippen LogP contribution in [0.4, 0.5) is 5.69 Å². The van der Waals surface area contributed by atoms with Crippen molar-refractivity contribution < 1.29 is 19.1 Å². The molecule has 1 atom stereocenters. The maximum Gasteiger partial charge on any atom is 0.309 e.